The molecule has 12 heteroatoms. The molecule has 2 aromatic heterocycles. The molecule has 11 nitrogen and oxygen atoms in total. The molecule has 244 valence electrons. The van der Waals surface area contributed by atoms with Gasteiger partial charge in [-0.1, -0.05) is 37.3 Å². The zero-order valence-corrected chi connectivity index (χ0v) is 27.6. The first-order chi connectivity index (χ1) is 23.0. The SMILES string of the molecule is CCC(C)n1ncn(-c2ccc(N3CCN(c4ccc(OC[C@H]5CO[C@](Cn6nccn6)(c6ccccc6)S5)cc4)CC3)cc2)c1=O. The number of benzene rings is 3. The molecule has 2 aliphatic heterocycles. The van der Waals surface area contributed by atoms with Crippen molar-refractivity contribution in [2.24, 2.45) is 0 Å². The molecule has 3 aromatic carbocycles. The zero-order valence-electron chi connectivity index (χ0n) is 26.8. The standard InChI is InChI=1S/C35H40N8O3S/c1-3-27(2)43-34(44)41(26-38-43)31-11-9-29(10-12-31)39-19-21-40(22-20-39)30-13-15-32(16-14-30)45-23-33-24-46-35(47-33,25-42-36-17-18-37-42)28-7-5-4-6-8-28/h4-18,26-27,33H,3,19-25H2,1-2H3/t27?,33-,35-/m0/s1. The number of hydrogen-bond donors (Lipinski definition) is 0. The molecule has 0 amide bonds. The van der Waals surface area contributed by atoms with Gasteiger partial charge in [0.25, 0.3) is 0 Å². The molecular formula is C35H40N8O3S. The molecule has 0 bridgehead atoms. The van der Waals surface area contributed by atoms with Gasteiger partial charge in [0, 0.05) is 37.6 Å². The summed E-state index contributed by atoms with van der Waals surface area (Å²) in [5.41, 5.74) is 4.18. The van der Waals surface area contributed by atoms with Gasteiger partial charge in [-0.25, -0.2) is 14.0 Å². The van der Waals surface area contributed by atoms with E-state index in [0.717, 1.165) is 55.3 Å². The number of nitrogens with zero attached hydrogens (tertiary/aromatic N) is 8. The number of piperazine rings is 1. The van der Waals surface area contributed by atoms with Crippen molar-refractivity contribution >= 4 is 23.1 Å². The number of anilines is 2. The molecule has 0 spiro atoms. The Hall–Kier alpha value is -4.55. The lowest BCUT2D eigenvalue weighted by atomic mass is 10.1. The fourth-order valence-electron chi connectivity index (χ4n) is 6.13. The fraction of sp³-hybridized carbons (Fsp3) is 0.371. The number of aromatic nitrogens is 6. The van der Waals surface area contributed by atoms with Crippen molar-refractivity contribution in [1.29, 1.82) is 0 Å². The smallest absolute Gasteiger partial charge is 0.350 e. The predicted molar refractivity (Wildman–Crippen MR) is 185 cm³/mol. The third-order valence-corrected chi connectivity index (χ3v) is 10.5. The van der Waals surface area contributed by atoms with E-state index < -0.39 is 4.93 Å². The number of thioether (sulfide) groups is 1. The zero-order chi connectivity index (χ0) is 32.2. The lowest BCUT2D eigenvalue weighted by Crippen LogP contribution is -2.46. The van der Waals surface area contributed by atoms with Gasteiger partial charge in [-0.2, -0.15) is 20.1 Å². The first-order valence-corrected chi connectivity index (χ1v) is 17.1. The average Bonchev–Trinajstić information content (AvgIpc) is 3.89. The minimum Gasteiger partial charge on any atom is -0.492 e. The highest BCUT2D eigenvalue weighted by Crippen LogP contribution is 2.47. The van der Waals surface area contributed by atoms with Crippen LogP contribution in [0, 0.1) is 0 Å². The van der Waals surface area contributed by atoms with E-state index in [2.05, 4.69) is 80.6 Å². The van der Waals surface area contributed by atoms with Gasteiger partial charge in [-0.15, -0.1) is 11.8 Å². The van der Waals surface area contributed by atoms with Gasteiger partial charge in [0.05, 0.1) is 36.0 Å². The summed E-state index contributed by atoms with van der Waals surface area (Å²) in [6.07, 6.45) is 5.86. The number of rotatable bonds is 11. The summed E-state index contributed by atoms with van der Waals surface area (Å²) in [4.78, 5) is 18.7. The van der Waals surface area contributed by atoms with E-state index in [1.54, 1.807) is 44.5 Å². The van der Waals surface area contributed by atoms with E-state index in [0.29, 0.717) is 19.8 Å². The monoisotopic (exact) mass is 652 g/mol. The Labute approximate surface area is 278 Å². The van der Waals surface area contributed by atoms with Gasteiger partial charge < -0.3 is 19.3 Å². The van der Waals surface area contributed by atoms with Crippen LogP contribution in [0.4, 0.5) is 11.4 Å². The highest BCUT2D eigenvalue weighted by molar-refractivity contribution is 8.01. The molecule has 47 heavy (non-hydrogen) atoms. The van der Waals surface area contributed by atoms with Gasteiger partial charge in [-0.05, 0) is 67.4 Å². The summed E-state index contributed by atoms with van der Waals surface area (Å²) in [6, 6.07) is 27.0. The summed E-state index contributed by atoms with van der Waals surface area (Å²) in [5, 5.41) is 13.1. The third kappa shape index (κ3) is 6.66. The fourth-order valence-corrected chi connectivity index (χ4v) is 7.54. The Balaban J connectivity index is 0.913. The van der Waals surface area contributed by atoms with Gasteiger partial charge in [0.1, 0.15) is 25.2 Å². The van der Waals surface area contributed by atoms with Crippen LogP contribution in [-0.4, -0.2) is 74.0 Å². The van der Waals surface area contributed by atoms with E-state index in [1.165, 1.54) is 5.69 Å². The molecule has 5 aromatic rings. The van der Waals surface area contributed by atoms with Crippen LogP contribution in [0.25, 0.3) is 5.69 Å². The first-order valence-electron chi connectivity index (χ1n) is 16.2. The Morgan fingerprint density at radius 2 is 1.49 bits per heavy atom. The van der Waals surface area contributed by atoms with Crippen LogP contribution in [0.1, 0.15) is 31.9 Å². The summed E-state index contributed by atoms with van der Waals surface area (Å²) in [6.45, 7) is 9.42. The van der Waals surface area contributed by atoms with Crippen molar-refractivity contribution in [2.45, 2.75) is 43.0 Å². The molecule has 7 rings (SSSR count). The molecule has 0 saturated carbocycles. The highest BCUT2D eigenvalue weighted by Gasteiger charge is 2.44. The van der Waals surface area contributed by atoms with Crippen molar-refractivity contribution in [1.82, 2.24) is 29.3 Å². The van der Waals surface area contributed by atoms with Crippen LogP contribution in [0.2, 0.25) is 0 Å². The van der Waals surface area contributed by atoms with Crippen LogP contribution in [0.5, 0.6) is 5.75 Å². The van der Waals surface area contributed by atoms with Crippen molar-refractivity contribution < 1.29 is 9.47 Å². The van der Waals surface area contributed by atoms with Crippen molar-refractivity contribution in [3.05, 3.63) is 114 Å². The lowest BCUT2D eigenvalue weighted by Gasteiger charge is -2.37. The van der Waals surface area contributed by atoms with Crippen LogP contribution in [-0.2, 0) is 16.2 Å². The van der Waals surface area contributed by atoms with Gasteiger partial charge in [-0.3, -0.25) is 0 Å². The highest BCUT2D eigenvalue weighted by atomic mass is 32.2. The van der Waals surface area contributed by atoms with Crippen LogP contribution in [0.15, 0.2) is 102 Å². The van der Waals surface area contributed by atoms with E-state index in [9.17, 15) is 4.79 Å². The minimum atomic E-state index is -0.556. The molecule has 0 N–H and O–H groups in total. The maximum absolute atomic E-state index is 12.8. The lowest BCUT2D eigenvalue weighted by molar-refractivity contribution is 0.0219. The molecule has 2 aliphatic rings. The average molecular weight is 653 g/mol. The summed E-state index contributed by atoms with van der Waals surface area (Å²) >= 11 is 1.78. The second-order valence-electron chi connectivity index (χ2n) is 12.0. The normalized spacial score (nSPS) is 20.4. The maximum Gasteiger partial charge on any atom is 0.350 e. The van der Waals surface area contributed by atoms with Crippen molar-refractivity contribution in [2.75, 3.05) is 49.2 Å². The Bertz CT molecular complexity index is 1790. The number of ether oxygens (including phenoxy) is 2. The predicted octanol–water partition coefficient (Wildman–Crippen LogP) is 4.99. The van der Waals surface area contributed by atoms with E-state index in [4.69, 9.17) is 9.47 Å². The molecule has 1 unspecified atom stereocenters. The molecule has 2 saturated heterocycles. The molecule has 2 fully saturated rings. The number of hydrogen-bond acceptors (Lipinski definition) is 9. The van der Waals surface area contributed by atoms with E-state index >= 15 is 0 Å². The maximum atomic E-state index is 12.8. The molecule has 0 aliphatic carbocycles. The third-order valence-electron chi connectivity index (χ3n) is 9.00. The molecule has 4 heterocycles. The summed E-state index contributed by atoms with van der Waals surface area (Å²) in [7, 11) is 0. The minimum absolute atomic E-state index is 0.0763. The van der Waals surface area contributed by atoms with Gasteiger partial charge in [0.15, 0.2) is 4.93 Å². The molecule has 0 radical (unpaired) electrons. The quantitative estimate of drug-likeness (QED) is 0.196. The topological polar surface area (TPSA) is 95.5 Å². The van der Waals surface area contributed by atoms with Crippen molar-refractivity contribution in [3.8, 4) is 11.4 Å². The van der Waals surface area contributed by atoms with E-state index in [1.807, 2.05) is 37.3 Å². The first kappa shape index (κ1) is 31.1. The van der Waals surface area contributed by atoms with Gasteiger partial charge in [0.2, 0.25) is 0 Å². The summed E-state index contributed by atoms with van der Waals surface area (Å²) < 4.78 is 15.8. The Morgan fingerprint density at radius 3 is 2.13 bits per heavy atom. The van der Waals surface area contributed by atoms with Crippen molar-refractivity contribution in [3.63, 3.8) is 0 Å². The molecular weight excluding hydrogens is 613 g/mol. The van der Waals surface area contributed by atoms with Crippen LogP contribution < -0.4 is 20.2 Å². The Kier molecular flexibility index (Phi) is 9.03. The summed E-state index contributed by atoms with van der Waals surface area (Å²) in [5.74, 6) is 0.854. The van der Waals surface area contributed by atoms with Crippen LogP contribution >= 0.6 is 11.8 Å². The largest absolute Gasteiger partial charge is 0.492 e. The second-order valence-corrected chi connectivity index (χ2v) is 13.6. The van der Waals surface area contributed by atoms with Crippen LogP contribution in [0.3, 0.4) is 0 Å². The van der Waals surface area contributed by atoms with Gasteiger partial charge >= 0.3 is 5.69 Å². The second kappa shape index (κ2) is 13.7. The molecule has 3 atom stereocenters. The van der Waals surface area contributed by atoms with E-state index in [-0.39, 0.29) is 17.0 Å². The Morgan fingerprint density at radius 1 is 0.872 bits per heavy atom.